The minimum absolute atomic E-state index is 0.222. The number of anilines is 3. The fourth-order valence-corrected chi connectivity index (χ4v) is 4.66. The number of rotatable bonds is 10. The summed E-state index contributed by atoms with van der Waals surface area (Å²) in [5.74, 6) is -0.125. The van der Waals surface area contributed by atoms with Crippen LogP contribution in [0, 0.1) is 5.41 Å². The van der Waals surface area contributed by atoms with Crippen molar-refractivity contribution < 1.29 is 23.9 Å². The summed E-state index contributed by atoms with van der Waals surface area (Å²) in [5, 5.41) is 8.86. The van der Waals surface area contributed by atoms with Crippen molar-refractivity contribution in [3.8, 4) is 5.75 Å². The number of halogens is 1. The quantitative estimate of drug-likeness (QED) is 0.228. The molecule has 0 spiro atoms. The second-order valence-electron chi connectivity index (χ2n) is 12.5. The first-order valence-electron chi connectivity index (χ1n) is 14.6. The molecule has 0 radical (unpaired) electrons. The molecule has 234 valence electrons. The highest BCUT2D eigenvalue weighted by molar-refractivity contribution is 6.30. The van der Waals surface area contributed by atoms with Gasteiger partial charge in [0.25, 0.3) is 11.8 Å². The first-order chi connectivity index (χ1) is 20.8. The molecule has 1 fully saturated rings. The predicted octanol–water partition coefficient (Wildman–Crippen LogP) is 6.77. The topological polar surface area (TPSA) is 122 Å². The highest BCUT2D eigenvalue weighted by atomic mass is 35.5. The largest absolute Gasteiger partial charge is 0.492 e. The van der Waals surface area contributed by atoms with E-state index in [1.165, 1.54) is 6.20 Å². The zero-order valence-corrected chi connectivity index (χ0v) is 26.6. The number of alkyl carbamates (subject to hydrolysis) is 1. The molecule has 0 saturated carbocycles. The molecule has 3 N–H and O–H groups in total. The van der Waals surface area contributed by atoms with Crippen LogP contribution in [-0.2, 0) is 4.74 Å². The van der Waals surface area contributed by atoms with Gasteiger partial charge < -0.3 is 30.3 Å². The minimum atomic E-state index is -0.602. The lowest BCUT2D eigenvalue weighted by Crippen LogP contribution is -2.40. The van der Waals surface area contributed by atoms with Crippen LogP contribution in [0.4, 0.5) is 22.0 Å². The second kappa shape index (κ2) is 14.0. The molecular formula is C33H40ClN5O5. The van der Waals surface area contributed by atoms with Gasteiger partial charge in [-0.25, -0.2) is 9.78 Å². The fraction of sp³-hybridized carbons (Fsp3) is 0.394. The van der Waals surface area contributed by atoms with Crippen LogP contribution in [0.15, 0.2) is 60.8 Å². The molecule has 44 heavy (non-hydrogen) atoms. The summed E-state index contributed by atoms with van der Waals surface area (Å²) in [6.07, 6.45) is 3.14. The van der Waals surface area contributed by atoms with Crippen LogP contribution in [-0.4, -0.2) is 54.7 Å². The molecule has 1 aromatic heterocycles. The molecule has 0 unspecified atom stereocenters. The van der Waals surface area contributed by atoms with Gasteiger partial charge in [-0.3, -0.25) is 9.59 Å². The summed E-state index contributed by atoms with van der Waals surface area (Å²) in [5.41, 5.74) is 0.805. The number of hydrogen-bond acceptors (Lipinski definition) is 7. The van der Waals surface area contributed by atoms with Gasteiger partial charge in [-0.1, -0.05) is 37.6 Å². The smallest absolute Gasteiger partial charge is 0.407 e. The monoisotopic (exact) mass is 621 g/mol. The Morgan fingerprint density at radius 1 is 0.909 bits per heavy atom. The average Bonchev–Trinajstić information content (AvgIpc) is 3.51. The van der Waals surface area contributed by atoms with Crippen LogP contribution < -0.4 is 25.6 Å². The van der Waals surface area contributed by atoms with E-state index in [-0.39, 0.29) is 12.2 Å². The van der Waals surface area contributed by atoms with Crippen LogP contribution in [0.5, 0.6) is 5.75 Å². The number of aromatic nitrogens is 1. The summed E-state index contributed by atoms with van der Waals surface area (Å²) < 4.78 is 11.6. The van der Waals surface area contributed by atoms with Gasteiger partial charge in [0.15, 0.2) is 0 Å². The van der Waals surface area contributed by atoms with Crippen LogP contribution in [0.1, 0.15) is 68.2 Å². The summed E-state index contributed by atoms with van der Waals surface area (Å²) >= 11 is 5.90. The Balaban J connectivity index is 1.51. The fourth-order valence-electron chi connectivity index (χ4n) is 4.55. The summed E-state index contributed by atoms with van der Waals surface area (Å²) in [7, 11) is 0. The van der Waals surface area contributed by atoms with E-state index in [1.807, 2.05) is 46.8 Å². The molecule has 11 heteroatoms. The number of amides is 3. The maximum absolute atomic E-state index is 13.7. The maximum atomic E-state index is 13.7. The highest BCUT2D eigenvalue weighted by Crippen LogP contribution is 2.31. The number of nitrogens with one attached hydrogen (secondary N) is 3. The molecule has 3 amide bonds. The first kappa shape index (κ1) is 32.6. The van der Waals surface area contributed by atoms with E-state index < -0.39 is 28.9 Å². The Labute approximate surface area is 263 Å². The maximum Gasteiger partial charge on any atom is 0.407 e. The van der Waals surface area contributed by atoms with Crippen molar-refractivity contribution in [3.05, 3.63) is 76.9 Å². The average molecular weight is 622 g/mol. The minimum Gasteiger partial charge on any atom is -0.492 e. The van der Waals surface area contributed by atoms with E-state index in [0.29, 0.717) is 34.4 Å². The standard InChI is InChI=1S/C33H40ClN5O5/c1-32(2,3)44-31(42)36-20-33(4,5)21-43-27-18-23(39-16-8-9-17-39)13-14-25(27)30(41)37-26-11-7-6-10-24(26)29(40)38-28-15-12-22(34)19-35-28/h6-7,10-15,18-19H,8-9,16-17,20-21H2,1-5H3,(H,36,42)(H,37,41)(H,35,38,40). The number of ether oxygens (including phenoxy) is 2. The summed E-state index contributed by atoms with van der Waals surface area (Å²) in [6.45, 7) is 11.7. The van der Waals surface area contributed by atoms with Gasteiger partial charge in [-0.05, 0) is 70.0 Å². The van der Waals surface area contributed by atoms with Crippen molar-refractivity contribution in [3.63, 3.8) is 0 Å². The Morgan fingerprint density at radius 2 is 1.61 bits per heavy atom. The Bertz CT molecular complexity index is 1480. The van der Waals surface area contributed by atoms with E-state index in [4.69, 9.17) is 21.1 Å². The van der Waals surface area contributed by atoms with Gasteiger partial charge >= 0.3 is 6.09 Å². The summed E-state index contributed by atoms with van der Waals surface area (Å²) in [4.78, 5) is 45.3. The zero-order valence-electron chi connectivity index (χ0n) is 25.8. The lowest BCUT2D eigenvalue weighted by Gasteiger charge is -2.27. The third-order valence-corrected chi connectivity index (χ3v) is 7.02. The van der Waals surface area contributed by atoms with Crippen molar-refractivity contribution in [2.75, 3.05) is 41.8 Å². The van der Waals surface area contributed by atoms with Crippen LogP contribution in [0.3, 0.4) is 0 Å². The van der Waals surface area contributed by atoms with E-state index in [2.05, 4.69) is 25.8 Å². The van der Waals surface area contributed by atoms with E-state index in [9.17, 15) is 14.4 Å². The molecule has 2 aromatic carbocycles. The Hall–Kier alpha value is -4.31. The van der Waals surface area contributed by atoms with Gasteiger partial charge in [0, 0.05) is 43.0 Å². The van der Waals surface area contributed by atoms with Gasteiger partial charge in [-0.15, -0.1) is 0 Å². The van der Waals surface area contributed by atoms with Crippen LogP contribution in [0.2, 0.25) is 5.02 Å². The van der Waals surface area contributed by atoms with Crippen LogP contribution in [0.25, 0.3) is 0 Å². The number of benzene rings is 2. The number of carbonyl (C=O) groups is 3. The number of carbonyl (C=O) groups excluding carboxylic acids is 3. The number of pyridine rings is 1. The lowest BCUT2D eigenvalue weighted by atomic mass is 9.95. The molecule has 1 saturated heterocycles. The highest BCUT2D eigenvalue weighted by Gasteiger charge is 2.25. The van der Waals surface area contributed by atoms with Gasteiger partial charge in [0.05, 0.1) is 28.4 Å². The van der Waals surface area contributed by atoms with Gasteiger partial charge in [-0.2, -0.15) is 0 Å². The molecule has 10 nitrogen and oxygen atoms in total. The number of para-hydroxylation sites is 1. The Kier molecular flexibility index (Phi) is 10.4. The number of nitrogens with zero attached hydrogens (tertiary/aromatic N) is 2. The van der Waals surface area contributed by atoms with Crippen LogP contribution >= 0.6 is 11.6 Å². The van der Waals surface area contributed by atoms with E-state index in [0.717, 1.165) is 31.6 Å². The van der Waals surface area contributed by atoms with Crippen molar-refractivity contribution >= 4 is 46.7 Å². The SMILES string of the molecule is CC(C)(CNC(=O)OC(C)(C)C)COc1cc(N2CCCC2)ccc1C(=O)Nc1ccccc1C(=O)Nc1ccc(Cl)cn1. The third-order valence-electron chi connectivity index (χ3n) is 6.80. The molecule has 2 heterocycles. The predicted molar refractivity (Wildman–Crippen MR) is 173 cm³/mol. The van der Waals surface area contributed by atoms with E-state index in [1.54, 1.807) is 42.5 Å². The van der Waals surface area contributed by atoms with Crippen molar-refractivity contribution in [1.29, 1.82) is 0 Å². The van der Waals surface area contributed by atoms with Crippen molar-refractivity contribution in [2.45, 2.75) is 53.1 Å². The van der Waals surface area contributed by atoms with Crippen molar-refractivity contribution in [1.82, 2.24) is 10.3 Å². The van der Waals surface area contributed by atoms with E-state index >= 15 is 0 Å². The molecule has 1 aliphatic heterocycles. The molecule has 1 aliphatic rings. The van der Waals surface area contributed by atoms with Gasteiger partial charge in [0.2, 0.25) is 0 Å². The zero-order chi connectivity index (χ0) is 31.9. The molecule has 0 atom stereocenters. The normalized spacial score (nSPS) is 13.3. The van der Waals surface area contributed by atoms with Crippen molar-refractivity contribution in [2.24, 2.45) is 5.41 Å². The molecule has 3 aromatic rings. The first-order valence-corrected chi connectivity index (χ1v) is 15.0. The molecule has 0 bridgehead atoms. The second-order valence-corrected chi connectivity index (χ2v) is 12.9. The molecule has 4 rings (SSSR count). The Morgan fingerprint density at radius 3 is 2.30 bits per heavy atom. The number of hydrogen-bond donors (Lipinski definition) is 3. The molecular weight excluding hydrogens is 582 g/mol. The lowest BCUT2D eigenvalue weighted by molar-refractivity contribution is 0.0492. The third kappa shape index (κ3) is 9.34. The summed E-state index contributed by atoms with van der Waals surface area (Å²) in [6, 6.07) is 15.5. The molecule has 0 aliphatic carbocycles. The van der Waals surface area contributed by atoms with Gasteiger partial charge in [0.1, 0.15) is 17.2 Å².